The lowest BCUT2D eigenvalue weighted by molar-refractivity contribution is 1.30. The number of nitrogens with zero attached hydrogens (tertiary/aromatic N) is 3. The average molecular weight is 344 g/mol. The summed E-state index contributed by atoms with van der Waals surface area (Å²) >= 11 is 4.88. The molecule has 0 unspecified atom stereocenters. The molecule has 0 aliphatic rings. The van der Waals surface area contributed by atoms with Gasteiger partial charge >= 0.3 is 0 Å². The maximum Gasteiger partial charge on any atom is 0.159 e. The summed E-state index contributed by atoms with van der Waals surface area (Å²) < 4.78 is 7.54. The molecule has 0 atom stereocenters. The van der Waals surface area contributed by atoms with Crippen molar-refractivity contribution in [2.75, 3.05) is 11.4 Å². The Kier molecular flexibility index (Phi) is 3.61. The molecule has 3 aromatic heterocycles. The highest BCUT2D eigenvalue weighted by Gasteiger charge is 2.12. The van der Waals surface area contributed by atoms with E-state index in [0.717, 1.165) is 21.9 Å². The van der Waals surface area contributed by atoms with Gasteiger partial charge < -0.3 is 9.29 Å². The van der Waals surface area contributed by atoms with E-state index in [0.29, 0.717) is 0 Å². The molecule has 110 valence electrons. The minimum absolute atomic E-state index is 0.913. The van der Waals surface area contributed by atoms with Gasteiger partial charge in [-0.1, -0.05) is 18.2 Å². The lowest BCUT2D eigenvalue weighted by Gasteiger charge is -2.17. The van der Waals surface area contributed by atoms with E-state index in [-0.39, 0.29) is 0 Å². The minimum Gasteiger partial charge on any atom is -0.351 e. The van der Waals surface area contributed by atoms with Crippen LogP contribution in [0, 0.1) is 0 Å². The van der Waals surface area contributed by atoms with Crippen LogP contribution in [0.15, 0.2) is 52.3 Å². The van der Waals surface area contributed by atoms with E-state index >= 15 is 0 Å². The Bertz CT molecular complexity index is 881. The third-order valence-electron chi connectivity index (χ3n) is 3.29. The average Bonchev–Trinajstić information content (AvgIpc) is 3.26. The fourth-order valence-corrected chi connectivity index (χ4v) is 4.59. The van der Waals surface area contributed by atoms with Crippen molar-refractivity contribution in [1.82, 2.24) is 14.3 Å². The van der Waals surface area contributed by atoms with E-state index in [1.807, 2.05) is 0 Å². The second-order valence-corrected chi connectivity index (χ2v) is 7.85. The Hall–Kier alpha value is -1.83. The maximum absolute atomic E-state index is 4.28. The van der Waals surface area contributed by atoms with Crippen LogP contribution >= 0.6 is 34.8 Å². The summed E-state index contributed by atoms with van der Waals surface area (Å²) in [6, 6.07) is 12.7. The number of hydrogen-bond acceptors (Lipinski definition) is 6. The Balaban J connectivity index is 1.74. The first kappa shape index (κ1) is 13.8. The molecule has 22 heavy (non-hydrogen) atoms. The molecule has 4 nitrogen and oxygen atoms in total. The lowest BCUT2D eigenvalue weighted by atomic mass is 10.2. The summed E-state index contributed by atoms with van der Waals surface area (Å²) in [5.74, 6) is 0. The molecule has 0 aliphatic carbocycles. The molecule has 0 aliphatic heterocycles. The number of nitrogens with one attached hydrogen (secondary N) is 1. The smallest absolute Gasteiger partial charge is 0.159 e. The van der Waals surface area contributed by atoms with Crippen LogP contribution in [0.3, 0.4) is 0 Å². The summed E-state index contributed by atoms with van der Waals surface area (Å²) in [4.78, 5) is 7.76. The van der Waals surface area contributed by atoms with Gasteiger partial charge in [-0.3, -0.25) is 0 Å². The number of aromatic nitrogens is 3. The van der Waals surface area contributed by atoms with Gasteiger partial charge in [0, 0.05) is 12.4 Å². The Morgan fingerprint density at radius 2 is 2.18 bits per heavy atom. The van der Waals surface area contributed by atoms with E-state index in [4.69, 9.17) is 0 Å². The van der Waals surface area contributed by atoms with Gasteiger partial charge in [-0.2, -0.15) is 4.37 Å². The van der Waals surface area contributed by atoms with Gasteiger partial charge in [0.15, 0.2) is 5.01 Å². The molecule has 3 heterocycles. The summed E-state index contributed by atoms with van der Waals surface area (Å²) in [5, 5.41) is 4.19. The zero-order valence-electron chi connectivity index (χ0n) is 11.7. The highest BCUT2D eigenvalue weighted by Crippen LogP contribution is 2.36. The third kappa shape index (κ3) is 2.51. The molecule has 0 bridgehead atoms. The van der Waals surface area contributed by atoms with Gasteiger partial charge in [0.05, 0.1) is 21.1 Å². The van der Waals surface area contributed by atoms with E-state index in [1.165, 1.54) is 21.1 Å². The zero-order chi connectivity index (χ0) is 14.9. The van der Waals surface area contributed by atoms with Crippen LogP contribution < -0.4 is 4.31 Å². The Morgan fingerprint density at radius 3 is 2.95 bits per heavy atom. The summed E-state index contributed by atoms with van der Waals surface area (Å²) in [5.41, 5.74) is 3.30. The quantitative estimate of drug-likeness (QED) is 0.535. The van der Waals surface area contributed by atoms with Crippen LogP contribution in [0.25, 0.3) is 21.6 Å². The molecular weight excluding hydrogens is 332 g/mol. The van der Waals surface area contributed by atoms with Crippen LogP contribution in [0.2, 0.25) is 0 Å². The van der Waals surface area contributed by atoms with Crippen LogP contribution in [0.1, 0.15) is 0 Å². The van der Waals surface area contributed by atoms with E-state index in [2.05, 4.69) is 67.5 Å². The number of rotatable bonds is 4. The lowest BCUT2D eigenvalue weighted by Crippen LogP contribution is -2.05. The number of fused-ring (bicyclic) bond motifs is 1. The molecular formula is C15H12N4S3. The monoisotopic (exact) mass is 344 g/mol. The maximum atomic E-state index is 4.28. The highest BCUT2D eigenvalue weighted by atomic mass is 32.2. The molecule has 1 aromatic carbocycles. The summed E-state index contributed by atoms with van der Waals surface area (Å²) in [6.45, 7) is 0. The Labute approximate surface area is 140 Å². The van der Waals surface area contributed by atoms with Crippen LogP contribution in [0.4, 0.5) is 5.69 Å². The first-order chi connectivity index (χ1) is 10.8. The normalized spacial score (nSPS) is 11.1. The molecule has 0 saturated heterocycles. The summed E-state index contributed by atoms with van der Waals surface area (Å²) in [7, 11) is 2.09. The number of anilines is 1. The van der Waals surface area contributed by atoms with Crippen molar-refractivity contribution in [1.29, 1.82) is 0 Å². The number of hydrogen-bond donors (Lipinski definition) is 1. The molecule has 1 N–H and O–H groups in total. The fourth-order valence-electron chi connectivity index (χ4n) is 2.31. The highest BCUT2D eigenvalue weighted by molar-refractivity contribution is 8.02. The Morgan fingerprint density at radius 1 is 1.23 bits per heavy atom. The SMILES string of the molecule is CN(Sc1cccs1)c1cccc2cc(-c3ncns3)[nH]c12. The first-order valence-electron chi connectivity index (χ1n) is 6.65. The topological polar surface area (TPSA) is 44.8 Å². The molecule has 4 aromatic rings. The van der Waals surface area contributed by atoms with Crippen molar-refractivity contribution in [2.45, 2.75) is 4.21 Å². The van der Waals surface area contributed by atoms with Crippen LogP contribution in [-0.4, -0.2) is 21.4 Å². The molecule has 4 rings (SSSR count). The largest absolute Gasteiger partial charge is 0.351 e. The molecule has 7 heteroatoms. The van der Waals surface area contributed by atoms with Gasteiger partial charge in [0.25, 0.3) is 0 Å². The van der Waals surface area contributed by atoms with Crippen molar-refractivity contribution in [3.05, 3.63) is 48.1 Å². The van der Waals surface area contributed by atoms with E-state index < -0.39 is 0 Å². The van der Waals surface area contributed by atoms with Gasteiger partial charge in [0.1, 0.15) is 6.33 Å². The second kappa shape index (κ2) is 5.75. The molecule has 0 amide bonds. The fraction of sp³-hybridized carbons (Fsp3) is 0.0667. The van der Waals surface area contributed by atoms with Crippen molar-refractivity contribution >= 4 is 51.4 Å². The van der Waals surface area contributed by atoms with Gasteiger partial charge in [-0.05, 0) is 47.1 Å². The van der Waals surface area contributed by atoms with Gasteiger partial charge in [-0.15, -0.1) is 11.3 Å². The number of para-hydroxylation sites is 1. The van der Waals surface area contributed by atoms with Crippen molar-refractivity contribution in [2.24, 2.45) is 0 Å². The van der Waals surface area contributed by atoms with Crippen molar-refractivity contribution in [3.8, 4) is 10.7 Å². The number of benzene rings is 1. The summed E-state index contributed by atoms with van der Waals surface area (Å²) in [6.07, 6.45) is 1.59. The predicted octanol–water partition coefficient (Wildman–Crippen LogP) is 4.89. The number of H-pyrrole nitrogens is 1. The van der Waals surface area contributed by atoms with Crippen molar-refractivity contribution in [3.63, 3.8) is 0 Å². The van der Waals surface area contributed by atoms with Gasteiger partial charge in [-0.25, -0.2) is 4.98 Å². The van der Waals surface area contributed by atoms with E-state index in [9.17, 15) is 0 Å². The molecule has 0 spiro atoms. The second-order valence-electron chi connectivity index (χ2n) is 4.69. The molecule has 0 saturated carbocycles. The standard InChI is InChI=1S/C15H12N4S3/c1-19(22-13-6-3-7-20-13)12-5-2-4-10-8-11(18-14(10)12)15-16-9-17-21-15/h2-9,18H,1H3. The number of thiophene rings is 1. The molecule has 0 radical (unpaired) electrons. The molecule has 0 fully saturated rings. The number of aromatic amines is 1. The van der Waals surface area contributed by atoms with Crippen molar-refractivity contribution < 1.29 is 0 Å². The first-order valence-corrected chi connectivity index (χ1v) is 9.08. The minimum atomic E-state index is 0.913. The predicted molar refractivity (Wildman–Crippen MR) is 95.8 cm³/mol. The zero-order valence-corrected chi connectivity index (χ0v) is 14.1. The van der Waals surface area contributed by atoms with Crippen LogP contribution in [0.5, 0.6) is 0 Å². The van der Waals surface area contributed by atoms with Crippen LogP contribution in [-0.2, 0) is 0 Å². The van der Waals surface area contributed by atoms with Gasteiger partial charge in [0.2, 0.25) is 0 Å². The van der Waals surface area contributed by atoms with E-state index in [1.54, 1.807) is 29.6 Å². The third-order valence-corrected chi connectivity index (χ3v) is 5.95.